The van der Waals surface area contributed by atoms with Crippen LogP contribution >= 0.6 is 0 Å². The van der Waals surface area contributed by atoms with Gasteiger partial charge in [-0.25, -0.2) is 0 Å². The second kappa shape index (κ2) is 14.0. The maximum atomic E-state index is 12.5. The zero-order valence-corrected chi connectivity index (χ0v) is 24.8. The number of allylic oxidation sites excluding steroid dienone is 1. The second-order valence-corrected chi connectivity index (χ2v) is 29.6. The fourth-order valence-corrected chi connectivity index (χ4v) is 29.1. The molecule has 0 aromatic carbocycles. The number of carbonyl (C=O) groups excluding carboxylic acids is 1. The summed E-state index contributed by atoms with van der Waals surface area (Å²) in [5.74, 6) is 3.10. The Hall–Kier alpha value is -0.214. The molecule has 1 heterocycles. The molecule has 30 heavy (non-hydrogen) atoms. The van der Waals surface area contributed by atoms with Crippen molar-refractivity contribution in [1.29, 1.82) is 0 Å². The van der Waals surface area contributed by atoms with Crippen molar-refractivity contribution in [3.63, 3.8) is 0 Å². The molecule has 2 nitrogen and oxygen atoms in total. The van der Waals surface area contributed by atoms with E-state index in [0.29, 0.717) is 18.7 Å². The molecule has 1 atom stereocenters. The Labute approximate surface area is 193 Å². The third-order valence-electron chi connectivity index (χ3n) is 7.05. The van der Waals surface area contributed by atoms with Gasteiger partial charge in [0, 0.05) is 0 Å². The number of nitrogens with zero attached hydrogens (tertiary/aromatic N) is 1. The van der Waals surface area contributed by atoms with Crippen LogP contribution in [0.4, 0.5) is 0 Å². The van der Waals surface area contributed by atoms with E-state index in [0.717, 1.165) is 13.0 Å². The molecule has 1 fully saturated rings. The fourth-order valence-electron chi connectivity index (χ4n) is 4.94. The molecule has 0 radical (unpaired) electrons. The number of terminal acetylenes is 1. The van der Waals surface area contributed by atoms with E-state index in [1.807, 2.05) is 0 Å². The van der Waals surface area contributed by atoms with Gasteiger partial charge in [-0.3, -0.25) is 0 Å². The Morgan fingerprint density at radius 3 is 2.07 bits per heavy atom. The predicted octanol–water partition coefficient (Wildman–Crippen LogP) is 7.65. The van der Waals surface area contributed by atoms with E-state index < -0.39 is 26.5 Å². The normalized spacial score (nSPS) is 18.2. The fraction of sp³-hybridized carbons (Fsp3) is 0.808. The van der Waals surface area contributed by atoms with Gasteiger partial charge in [0.1, 0.15) is 0 Å². The summed E-state index contributed by atoms with van der Waals surface area (Å²) in [6.45, 7) is 15.4. The molecule has 0 spiro atoms. The van der Waals surface area contributed by atoms with E-state index in [2.05, 4.69) is 57.3 Å². The summed E-state index contributed by atoms with van der Waals surface area (Å²) in [6, 6.07) is 0.259. The molecule has 0 saturated carbocycles. The molecule has 172 valence electrons. The molecular weight excluding hydrogens is 489 g/mol. The summed E-state index contributed by atoms with van der Waals surface area (Å²) in [5, 5.41) is 1.76. The van der Waals surface area contributed by atoms with Crippen molar-refractivity contribution < 1.29 is 4.79 Å². The first-order valence-electron chi connectivity index (χ1n) is 12.7. The second-order valence-electron chi connectivity index (χ2n) is 10.6. The molecule has 0 aliphatic carbocycles. The molecule has 1 saturated heterocycles. The van der Waals surface area contributed by atoms with Gasteiger partial charge in [0.2, 0.25) is 0 Å². The molecule has 0 N–H and O–H groups in total. The SMILES string of the molecule is C#CCC1CCC(=O)N1C/C=C(\[CH2][Sn]([CH2]CCC)([CH2]CCC)[CH2]CCC)[Si](C)(C)C. The molecular formula is C26H49NOSiSn. The number of unbranched alkanes of at least 4 members (excludes halogenated alkanes) is 3. The van der Waals surface area contributed by atoms with Crippen LogP contribution in [-0.2, 0) is 4.79 Å². The average Bonchev–Trinajstić information content (AvgIpc) is 3.04. The Bertz CT molecular complexity index is 565. The molecule has 1 aliphatic heterocycles. The number of likely N-dealkylation sites (tertiary alicyclic amines) is 1. The standard InChI is InChI=1S/C14H22NOSi.3C4H9.Sn/c1-6-7-13-8-9-14(16)15(13)11-10-12(2)17(3,4)5;3*1-3-4-2;/h1,10,13H,2,7-9,11H2,3-5H3;3*1,3-4H2,2H3;/b12-10+;;;;. The summed E-state index contributed by atoms with van der Waals surface area (Å²) in [4.78, 5) is 14.6. The number of hydrogen-bond donors (Lipinski definition) is 0. The first-order valence-corrected chi connectivity index (χ1v) is 24.2. The first-order chi connectivity index (χ1) is 14.2. The van der Waals surface area contributed by atoms with Crippen LogP contribution in [0.1, 0.15) is 78.6 Å². The molecule has 0 aromatic rings. The van der Waals surface area contributed by atoms with Crippen molar-refractivity contribution in [1.82, 2.24) is 4.90 Å². The Morgan fingerprint density at radius 1 is 1.10 bits per heavy atom. The van der Waals surface area contributed by atoms with E-state index in [1.165, 1.54) is 43.0 Å². The zero-order chi connectivity index (χ0) is 22.6. The van der Waals surface area contributed by atoms with Crippen LogP contribution in [0.2, 0.25) is 37.4 Å². The molecule has 1 amide bonds. The van der Waals surface area contributed by atoms with Gasteiger partial charge < -0.3 is 0 Å². The van der Waals surface area contributed by atoms with Crippen molar-refractivity contribution in [3.05, 3.63) is 11.3 Å². The molecule has 4 heteroatoms. The number of hydrogen-bond acceptors (Lipinski definition) is 1. The topological polar surface area (TPSA) is 20.3 Å². The van der Waals surface area contributed by atoms with Gasteiger partial charge in [0.25, 0.3) is 0 Å². The Morgan fingerprint density at radius 2 is 1.63 bits per heavy atom. The molecule has 1 rings (SSSR count). The van der Waals surface area contributed by atoms with Crippen molar-refractivity contribution in [2.45, 2.75) is 122 Å². The predicted molar refractivity (Wildman–Crippen MR) is 139 cm³/mol. The van der Waals surface area contributed by atoms with E-state index in [1.54, 1.807) is 18.5 Å². The molecule has 1 aliphatic rings. The minimum atomic E-state index is -2.23. The first kappa shape index (κ1) is 27.8. The molecule has 0 bridgehead atoms. The summed E-state index contributed by atoms with van der Waals surface area (Å²) in [6.07, 6.45) is 18.7. The van der Waals surface area contributed by atoms with Crippen LogP contribution in [0.25, 0.3) is 0 Å². The van der Waals surface area contributed by atoms with Crippen LogP contribution in [0.5, 0.6) is 0 Å². The van der Waals surface area contributed by atoms with Gasteiger partial charge in [-0.15, -0.1) is 0 Å². The van der Waals surface area contributed by atoms with Crippen LogP contribution in [0.3, 0.4) is 0 Å². The van der Waals surface area contributed by atoms with E-state index in [-0.39, 0.29) is 6.04 Å². The Kier molecular flexibility index (Phi) is 13.0. The third-order valence-corrected chi connectivity index (χ3v) is 25.7. The number of amides is 1. The summed E-state index contributed by atoms with van der Waals surface area (Å²) >= 11 is -2.23. The van der Waals surface area contributed by atoms with Crippen molar-refractivity contribution in [3.8, 4) is 12.3 Å². The minimum absolute atomic E-state index is 0.259. The quantitative estimate of drug-likeness (QED) is 0.155. The van der Waals surface area contributed by atoms with Crippen LogP contribution < -0.4 is 0 Å². The number of carbonyl (C=O) groups is 1. The van der Waals surface area contributed by atoms with Crippen LogP contribution in [0, 0.1) is 12.3 Å². The van der Waals surface area contributed by atoms with Crippen LogP contribution in [0.15, 0.2) is 11.3 Å². The van der Waals surface area contributed by atoms with Crippen LogP contribution in [-0.4, -0.2) is 49.8 Å². The van der Waals surface area contributed by atoms with E-state index in [4.69, 9.17) is 6.42 Å². The monoisotopic (exact) mass is 539 g/mol. The van der Waals surface area contributed by atoms with Crippen molar-refractivity contribution in [2.75, 3.05) is 6.54 Å². The average molecular weight is 538 g/mol. The van der Waals surface area contributed by atoms with Gasteiger partial charge in [0.05, 0.1) is 0 Å². The van der Waals surface area contributed by atoms with Crippen molar-refractivity contribution in [2.24, 2.45) is 0 Å². The maximum absolute atomic E-state index is 12.5. The van der Waals surface area contributed by atoms with Gasteiger partial charge in [0.15, 0.2) is 0 Å². The molecule has 1 unspecified atom stereocenters. The van der Waals surface area contributed by atoms with E-state index in [9.17, 15) is 4.79 Å². The van der Waals surface area contributed by atoms with Gasteiger partial charge >= 0.3 is 194 Å². The summed E-state index contributed by atoms with van der Waals surface area (Å²) < 4.78 is 6.15. The Balaban J connectivity index is 3.14. The van der Waals surface area contributed by atoms with Gasteiger partial charge in [-0.05, 0) is 0 Å². The summed E-state index contributed by atoms with van der Waals surface area (Å²) in [7, 11) is -1.41. The summed E-state index contributed by atoms with van der Waals surface area (Å²) in [5.41, 5.74) is 0. The zero-order valence-electron chi connectivity index (χ0n) is 21.0. The van der Waals surface area contributed by atoms with Gasteiger partial charge in [-0.1, -0.05) is 0 Å². The third kappa shape index (κ3) is 9.11. The van der Waals surface area contributed by atoms with Crippen molar-refractivity contribution >= 4 is 32.4 Å². The van der Waals surface area contributed by atoms with Gasteiger partial charge in [-0.2, -0.15) is 0 Å². The molecule has 0 aromatic heterocycles. The van der Waals surface area contributed by atoms with E-state index >= 15 is 0 Å². The number of rotatable bonds is 15.